The topological polar surface area (TPSA) is 88.2 Å². The molecule has 1 N–H and O–H groups in total. The normalized spacial score (nSPS) is 17.2. The second-order valence-electron chi connectivity index (χ2n) is 8.22. The molecule has 0 aromatic heterocycles. The maximum absolute atomic E-state index is 13.1. The SMILES string of the molecule is CCc1ccc(OCC(=O)Nc2cc(S(=O)(=O)N3CCOCC3)ccc2N2CCCC2)cc1. The van der Waals surface area contributed by atoms with E-state index < -0.39 is 10.0 Å². The van der Waals surface area contributed by atoms with Crippen LogP contribution in [0.1, 0.15) is 25.3 Å². The quantitative estimate of drug-likeness (QED) is 0.634. The molecule has 2 aliphatic heterocycles. The van der Waals surface area contributed by atoms with E-state index in [-0.39, 0.29) is 17.4 Å². The number of benzene rings is 2. The summed E-state index contributed by atoms with van der Waals surface area (Å²) >= 11 is 0. The Morgan fingerprint density at radius 2 is 1.73 bits per heavy atom. The van der Waals surface area contributed by atoms with Crippen molar-refractivity contribution in [2.75, 3.05) is 56.2 Å². The largest absolute Gasteiger partial charge is 0.484 e. The number of hydrogen-bond donors (Lipinski definition) is 1. The van der Waals surface area contributed by atoms with E-state index in [2.05, 4.69) is 17.1 Å². The highest BCUT2D eigenvalue weighted by molar-refractivity contribution is 7.89. The number of anilines is 2. The van der Waals surface area contributed by atoms with Gasteiger partial charge in [0, 0.05) is 26.2 Å². The lowest BCUT2D eigenvalue weighted by molar-refractivity contribution is -0.118. The Bertz CT molecular complexity index is 1060. The van der Waals surface area contributed by atoms with Crippen LogP contribution in [0, 0.1) is 0 Å². The Balaban J connectivity index is 1.52. The Hall–Kier alpha value is -2.62. The average Bonchev–Trinajstić information content (AvgIpc) is 3.38. The Morgan fingerprint density at radius 1 is 1.03 bits per heavy atom. The van der Waals surface area contributed by atoms with E-state index in [0.29, 0.717) is 37.7 Å². The lowest BCUT2D eigenvalue weighted by Crippen LogP contribution is -2.40. The molecule has 2 fully saturated rings. The summed E-state index contributed by atoms with van der Waals surface area (Å²) in [7, 11) is -3.67. The smallest absolute Gasteiger partial charge is 0.262 e. The van der Waals surface area contributed by atoms with E-state index in [1.165, 1.54) is 9.87 Å². The summed E-state index contributed by atoms with van der Waals surface area (Å²) < 4.78 is 38.6. The molecule has 2 aromatic rings. The fraction of sp³-hybridized carbons (Fsp3) is 0.458. The molecule has 178 valence electrons. The van der Waals surface area contributed by atoms with Gasteiger partial charge in [0.2, 0.25) is 10.0 Å². The van der Waals surface area contributed by atoms with Gasteiger partial charge in [-0.1, -0.05) is 19.1 Å². The third-order valence-electron chi connectivity index (χ3n) is 6.00. The van der Waals surface area contributed by atoms with Crippen molar-refractivity contribution in [1.82, 2.24) is 4.31 Å². The first-order valence-electron chi connectivity index (χ1n) is 11.5. The molecule has 2 aliphatic rings. The highest BCUT2D eigenvalue weighted by Gasteiger charge is 2.28. The summed E-state index contributed by atoms with van der Waals surface area (Å²) in [5, 5.41) is 2.88. The second-order valence-corrected chi connectivity index (χ2v) is 10.2. The van der Waals surface area contributed by atoms with Crippen molar-refractivity contribution in [1.29, 1.82) is 0 Å². The van der Waals surface area contributed by atoms with E-state index in [1.807, 2.05) is 24.3 Å². The molecule has 0 spiro atoms. The zero-order valence-corrected chi connectivity index (χ0v) is 19.8. The summed E-state index contributed by atoms with van der Waals surface area (Å²) in [5.74, 6) is 0.279. The standard InChI is InChI=1S/C24H31N3O5S/c1-2-19-5-7-20(8-6-19)32-18-24(28)25-22-17-21(9-10-23(22)26-11-3-4-12-26)33(29,30)27-13-15-31-16-14-27/h5-10,17H,2-4,11-16,18H2,1H3,(H,25,28). The van der Waals surface area contributed by atoms with Gasteiger partial charge in [0.1, 0.15) is 5.75 Å². The van der Waals surface area contributed by atoms with Gasteiger partial charge in [-0.2, -0.15) is 4.31 Å². The molecule has 9 heteroatoms. The molecule has 0 bridgehead atoms. The maximum atomic E-state index is 13.1. The molecule has 4 rings (SSSR count). The molecular formula is C24H31N3O5S. The highest BCUT2D eigenvalue weighted by atomic mass is 32.2. The number of ether oxygens (including phenoxy) is 2. The summed E-state index contributed by atoms with van der Waals surface area (Å²) in [6, 6.07) is 12.6. The van der Waals surface area contributed by atoms with E-state index >= 15 is 0 Å². The van der Waals surface area contributed by atoms with Crippen LogP contribution in [-0.4, -0.2) is 64.6 Å². The zero-order valence-electron chi connectivity index (χ0n) is 19.0. The molecule has 0 atom stereocenters. The predicted molar refractivity (Wildman–Crippen MR) is 127 cm³/mol. The van der Waals surface area contributed by atoms with Crippen molar-refractivity contribution in [2.45, 2.75) is 31.1 Å². The lowest BCUT2D eigenvalue weighted by Gasteiger charge is -2.27. The van der Waals surface area contributed by atoms with Crippen LogP contribution < -0.4 is 15.0 Å². The molecule has 8 nitrogen and oxygen atoms in total. The predicted octanol–water partition coefficient (Wildman–Crippen LogP) is 2.89. The van der Waals surface area contributed by atoms with Gasteiger partial charge in [-0.05, 0) is 55.2 Å². The fourth-order valence-corrected chi connectivity index (χ4v) is 5.54. The Kier molecular flexibility index (Phi) is 7.52. The number of nitrogens with zero attached hydrogens (tertiary/aromatic N) is 2. The molecular weight excluding hydrogens is 442 g/mol. The van der Waals surface area contributed by atoms with E-state index in [1.54, 1.807) is 18.2 Å². The van der Waals surface area contributed by atoms with Gasteiger partial charge in [-0.3, -0.25) is 4.79 Å². The third kappa shape index (κ3) is 5.66. The number of carbonyl (C=O) groups excluding carboxylic acids is 1. The minimum atomic E-state index is -3.67. The van der Waals surface area contributed by atoms with Crippen molar-refractivity contribution < 1.29 is 22.7 Å². The first kappa shape index (κ1) is 23.5. The van der Waals surface area contributed by atoms with Crippen LogP contribution in [0.4, 0.5) is 11.4 Å². The van der Waals surface area contributed by atoms with Crippen LogP contribution in [0.15, 0.2) is 47.4 Å². The number of amides is 1. The van der Waals surface area contributed by atoms with Crippen molar-refractivity contribution in [3.05, 3.63) is 48.0 Å². The van der Waals surface area contributed by atoms with Gasteiger partial charge in [-0.15, -0.1) is 0 Å². The molecule has 0 saturated carbocycles. The average molecular weight is 474 g/mol. The van der Waals surface area contributed by atoms with Crippen molar-refractivity contribution in [3.63, 3.8) is 0 Å². The van der Waals surface area contributed by atoms with Gasteiger partial charge in [0.15, 0.2) is 6.61 Å². The molecule has 33 heavy (non-hydrogen) atoms. The molecule has 0 radical (unpaired) electrons. The minimum absolute atomic E-state index is 0.161. The summed E-state index contributed by atoms with van der Waals surface area (Å²) in [4.78, 5) is 15.0. The number of aryl methyl sites for hydroxylation is 1. The number of hydrogen-bond acceptors (Lipinski definition) is 6. The number of carbonyl (C=O) groups is 1. The van der Waals surface area contributed by atoms with Crippen molar-refractivity contribution in [3.8, 4) is 5.75 Å². The molecule has 0 unspecified atom stereocenters. The molecule has 1 amide bonds. The monoisotopic (exact) mass is 473 g/mol. The van der Waals surface area contributed by atoms with E-state index in [9.17, 15) is 13.2 Å². The lowest BCUT2D eigenvalue weighted by atomic mass is 10.2. The van der Waals surface area contributed by atoms with Crippen LogP contribution in [-0.2, 0) is 26.0 Å². The molecule has 0 aliphatic carbocycles. The zero-order chi connectivity index (χ0) is 23.3. The van der Waals surface area contributed by atoms with Gasteiger partial charge in [0.05, 0.1) is 29.5 Å². The van der Waals surface area contributed by atoms with Crippen LogP contribution in [0.3, 0.4) is 0 Å². The first-order chi connectivity index (χ1) is 16.0. The van der Waals surface area contributed by atoms with Gasteiger partial charge >= 0.3 is 0 Å². The fourth-order valence-electron chi connectivity index (χ4n) is 4.10. The second kappa shape index (κ2) is 10.5. The van der Waals surface area contributed by atoms with Crippen LogP contribution in [0.5, 0.6) is 5.75 Å². The maximum Gasteiger partial charge on any atom is 0.262 e. The van der Waals surface area contributed by atoms with Crippen molar-refractivity contribution >= 4 is 27.3 Å². The van der Waals surface area contributed by atoms with Crippen LogP contribution >= 0.6 is 0 Å². The summed E-state index contributed by atoms with van der Waals surface area (Å²) in [5.41, 5.74) is 2.51. The third-order valence-corrected chi connectivity index (χ3v) is 7.89. The first-order valence-corrected chi connectivity index (χ1v) is 12.9. The van der Waals surface area contributed by atoms with Crippen LogP contribution in [0.25, 0.3) is 0 Å². The summed E-state index contributed by atoms with van der Waals surface area (Å²) in [6.45, 7) is 5.07. The number of nitrogens with one attached hydrogen (secondary N) is 1. The molecule has 2 saturated heterocycles. The number of sulfonamides is 1. The Morgan fingerprint density at radius 3 is 2.39 bits per heavy atom. The highest BCUT2D eigenvalue weighted by Crippen LogP contribution is 2.32. The van der Waals surface area contributed by atoms with Crippen LogP contribution in [0.2, 0.25) is 0 Å². The van der Waals surface area contributed by atoms with Gasteiger partial charge in [-0.25, -0.2) is 8.42 Å². The summed E-state index contributed by atoms with van der Waals surface area (Å²) in [6.07, 6.45) is 3.07. The Labute approximate surface area is 195 Å². The minimum Gasteiger partial charge on any atom is -0.484 e. The molecule has 2 aromatic carbocycles. The molecule has 2 heterocycles. The van der Waals surface area contributed by atoms with E-state index in [4.69, 9.17) is 9.47 Å². The number of morpholine rings is 1. The van der Waals surface area contributed by atoms with Gasteiger partial charge in [0.25, 0.3) is 5.91 Å². The van der Waals surface area contributed by atoms with Crippen molar-refractivity contribution in [2.24, 2.45) is 0 Å². The number of rotatable bonds is 8. The van der Waals surface area contributed by atoms with Gasteiger partial charge < -0.3 is 19.7 Å². The van der Waals surface area contributed by atoms with E-state index in [0.717, 1.165) is 38.0 Å².